The van der Waals surface area contributed by atoms with Crippen LogP contribution in [0.1, 0.15) is 20.7 Å². The number of carbonyl (C=O) groups excluding carboxylic acids is 1. The summed E-state index contributed by atoms with van der Waals surface area (Å²) in [5.41, 5.74) is 1.55. The molecule has 0 heterocycles. The lowest BCUT2D eigenvalue weighted by atomic mass is 9.91. The molecule has 0 amide bonds. The van der Waals surface area contributed by atoms with Gasteiger partial charge in [-0.3, -0.25) is 0 Å². The fourth-order valence-electron chi connectivity index (χ4n) is 2.89. The van der Waals surface area contributed by atoms with Crippen LogP contribution in [0, 0.1) is 0 Å². The maximum atomic E-state index is 12.1. The van der Waals surface area contributed by atoms with E-state index >= 15 is 0 Å². The van der Waals surface area contributed by atoms with Gasteiger partial charge in [0.15, 0.2) is 0 Å². The number of methoxy groups -OCH3 is 2. The first-order valence-electron chi connectivity index (χ1n) is 7.58. The zero-order chi connectivity index (χ0) is 18.0. The molecule has 3 rings (SSSR count). The average Bonchev–Trinajstić information content (AvgIpc) is 2.65. The molecule has 3 aromatic carbocycles. The van der Waals surface area contributed by atoms with Crippen LogP contribution in [0.25, 0.3) is 21.9 Å². The Labute approximate surface area is 144 Å². The lowest BCUT2D eigenvalue weighted by molar-refractivity contribution is 0.0603. The van der Waals surface area contributed by atoms with Gasteiger partial charge in [0.1, 0.15) is 5.75 Å². The molecule has 0 aliphatic carbocycles. The molecular weight excluding hydrogens is 320 g/mol. The SMILES string of the molecule is COC(=O)c1cccc2ccc(-c3ccc(OC)cc3)c(C(=O)O)c12. The molecule has 126 valence electrons. The molecule has 0 aliphatic rings. The number of carbonyl (C=O) groups is 2. The second kappa shape index (κ2) is 6.65. The Morgan fingerprint density at radius 3 is 2.24 bits per heavy atom. The summed E-state index contributed by atoms with van der Waals surface area (Å²) in [5, 5.41) is 10.9. The van der Waals surface area contributed by atoms with Crippen molar-refractivity contribution in [2.45, 2.75) is 0 Å². The number of carboxylic acids is 1. The van der Waals surface area contributed by atoms with Crippen molar-refractivity contribution in [3.05, 3.63) is 65.7 Å². The van der Waals surface area contributed by atoms with Crippen LogP contribution in [-0.2, 0) is 4.74 Å². The van der Waals surface area contributed by atoms with Crippen LogP contribution in [0.3, 0.4) is 0 Å². The van der Waals surface area contributed by atoms with E-state index in [1.807, 2.05) is 0 Å². The van der Waals surface area contributed by atoms with Crippen molar-refractivity contribution in [1.29, 1.82) is 0 Å². The molecular formula is C20H16O5. The third kappa shape index (κ3) is 2.92. The normalized spacial score (nSPS) is 10.5. The molecule has 0 aromatic heterocycles. The van der Waals surface area contributed by atoms with Crippen LogP contribution in [0.4, 0.5) is 0 Å². The van der Waals surface area contributed by atoms with E-state index in [-0.39, 0.29) is 11.1 Å². The zero-order valence-electron chi connectivity index (χ0n) is 13.8. The summed E-state index contributed by atoms with van der Waals surface area (Å²) in [4.78, 5) is 24.1. The Kier molecular flexibility index (Phi) is 4.39. The number of carboxylic acid groups (broad SMARTS) is 1. The van der Waals surface area contributed by atoms with Gasteiger partial charge < -0.3 is 14.6 Å². The molecule has 5 heteroatoms. The Bertz CT molecular complexity index is 958. The Hall–Kier alpha value is -3.34. The number of rotatable bonds is 4. The van der Waals surface area contributed by atoms with Crippen LogP contribution in [0.15, 0.2) is 54.6 Å². The number of hydrogen-bond acceptors (Lipinski definition) is 4. The van der Waals surface area contributed by atoms with Gasteiger partial charge in [-0.2, -0.15) is 0 Å². The van der Waals surface area contributed by atoms with E-state index in [1.54, 1.807) is 61.7 Å². The molecule has 0 spiro atoms. The molecule has 0 saturated heterocycles. The number of benzene rings is 3. The van der Waals surface area contributed by atoms with Gasteiger partial charge in [-0.25, -0.2) is 9.59 Å². The van der Waals surface area contributed by atoms with Gasteiger partial charge in [0.05, 0.1) is 25.3 Å². The predicted octanol–water partition coefficient (Wildman–Crippen LogP) is 4.00. The summed E-state index contributed by atoms with van der Waals surface area (Å²) < 4.78 is 9.95. The van der Waals surface area contributed by atoms with E-state index < -0.39 is 11.9 Å². The predicted molar refractivity (Wildman–Crippen MR) is 94.2 cm³/mol. The first-order valence-corrected chi connectivity index (χ1v) is 7.58. The van der Waals surface area contributed by atoms with Gasteiger partial charge >= 0.3 is 11.9 Å². The minimum Gasteiger partial charge on any atom is -0.497 e. The number of ether oxygens (including phenoxy) is 2. The zero-order valence-corrected chi connectivity index (χ0v) is 13.8. The van der Waals surface area contributed by atoms with Crippen molar-refractivity contribution < 1.29 is 24.2 Å². The van der Waals surface area contributed by atoms with Crippen molar-refractivity contribution in [1.82, 2.24) is 0 Å². The lowest BCUT2D eigenvalue weighted by Gasteiger charge is -2.13. The molecule has 0 saturated carbocycles. The smallest absolute Gasteiger partial charge is 0.338 e. The molecule has 0 atom stereocenters. The molecule has 0 radical (unpaired) electrons. The number of esters is 1. The summed E-state index contributed by atoms with van der Waals surface area (Å²) in [6.07, 6.45) is 0. The maximum Gasteiger partial charge on any atom is 0.338 e. The monoisotopic (exact) mass is 336 g/mol. The van der Waals surface area contributed by atoms with E-state index in [0.717, 1.165) is 5.56 Å². The van der Waals surface area contributed by atoms with Crippen molar-refractivity contribution in [3.8, 4) is 16.9 Å². The Balaban J connectivity index is 2.34. The van der Waals surface area contributed by atoms with E-state index in [4.69, 9.17) is 9.47 Å². The molecule has 5 nitrogen and oxygen atoms in total. The maximum absolute atomic E-state index is 12.1. The number of fused-ring (bicyclic) bond motifs is 1. The summed E-state index contributed by atoms with van der Waals surface area (Å²) >= 11 is 0. The van der Waals surface area contributed by atoms with Crippen LogP contribution in [0.5, 0.6) is 5.75 Å². The largest absolute Gasteiger partial charge is 0.497 e. The van der Waals surface area contributed by atoms with Crippen LogP contribution in [-0.4, -0.2) is 31.3 Å². The molecule has 1 N–H and O–H groups in total. The fourth-order valence-corrected chi connectivity index (χ4v) is 2.89. The summed E-state index contributed by atoms with van der Waals surface area (Å²) in [6, 6.07) is 15.7. The van der Waals surface area contributed by atoms with Crippen molar-refractivity contribution in [3.63, 3.8) is 0 Å². The standard InChI is InChI=1S/C20H16O5/c1-24-14-9-6-12(7-10-14)15-11-8-13-4-3-5-16(20(23)25-2)17(13)18(15)19(21)22/h3-11H,1-2H3,(H,21,22). The minimum atomic E-state index is -1.10. The van der Waals surface area contributed by atoms with Crippen molar-refractivity contribution in [2.75, 3.05) is 14.2 Å². The highest BCUT2D eigenvalue weighted by molar-refractivity contribution is 6.16. The molecule has 0 fully saturated rings. The highest BCUT2D eigenvalue weighted by Gasteiger charge is 2.21. The molecule has 0 aliphatic heterocycles. The minimum absolute atomic E-state index is 0.0728. The van der Waals surface area contributed by atoms with Crippen LogP contribution < -0.4 is 4.74 Å². The first-order chi connectivity index (χ1) is 12.1. The van der Waals surface area contributed by atoms with Gasteiger partial charge in [0.25, 0.3) is 0 Å². The quantitative estimate of drug-likeness (QED) is 0.729. The molecule has 0 bridgehead atoms. The molecule has 0 unspecified atom stereocenters. The summed E-state index contributed by atoms with van der Waals surface area (Å²) in [5.74, 6) is -0.996. The molecule has 25 heavy (non-hydrogen) atoms. The Morgan fingerprint density at radius 1 is 0.920 bits per heavy atom. The summed E-state index contributed by atoms with van der Waals surface area (Å²) in [7, 11) is 2.84. The lowest BCUT2D eigenvalue weighted by Crippen LogP contribution is -2.07. The first kappa shape index (κ1) is 16.5. The third-order valence-corrected chi connectivity index (χ3v) is 4.07. The van der Waals surface area contributed by atoms with E-state index in [0.29, 0.717) is 22.1 Å². The van der Waals surface area contributed by atoms with Gasteiger partial charge in [-0.1, -0.05) is 36.4 Å². The highest BCUT2D eigenvalue weighted by Crippen LogP contribution is 2.33. The van der Waals surface area contributed by atoms with Crippen molar-refractivity contribution in [2.24, 2.45) is 0 Å². The number of hydrogen-bond donors (Lipinski definition) is 1. The second-order valence-electron chi connectivity index (χ2n) is 5.42. The fraction of sp³-hybridized carbons (Fsp3) is 0.100. The van der Waals surface area contributed by atoms with Gasteiger partial charge in [-0.05, 0) is 34.7 Å². The third-order valence-electron chi connectivity index (χ3n) is 4.07. The van der Waals surface area contributed by atoms with Gasteiger partial charge in [-0.15, -0.1) is 0 Å². The number of aromatic carboxylic acids is 1. The highest BCUT2D eigenvalue weighted by atomic mass is 16.5. The summed E-state index contributed by atoms with van der Waals surface area (Å²) in [6.45, 7) is 0. The van der Waals surface area contributed by atoms with E-state index in [2.05, 4.69) is 0 Å². The van der Waals surface area contributed by atoms with E-state index in [9.17, 15) is 14.7 Å². The van der Waals surface area contributed by atoms with Crippen molar-refractivity contribution >= 4 is 22.7 Å². The van der Waals surface area contributed by atoms with Crippen LogP contribution >= 0.6 is 0 Å². The second-order valence-corrected chi connectivity index (χ2v) is 5.42. The van der Waals surface area contributed by atoms with Gasteiger partial charge in [0.2, 0.25) is 0 Å². The van der Waals surface area contributed by atoms with Gasteiger partial charge in [0, 0.05) is 5.39 Å². The topological polar surface area (TPSA) is 72.8 Å². The Morgan fingerprint density at radius 2 is 1.64 bits per heavy atom. The molecule has 3 aromatic rings. The van der Waals surface area contributed by atoms with E-state index in [1.165, 1.54) is 7.11 Å². The average molecular weight is 336 g/mol. The van der Waals surface area contributed by atoms with Crippen LogP contribution in [0.2, 0.25) is 0 Å².